The largest absolute Gasteiger partial charge is 0.465 e. The number of rotatable bonds is 3. The highest BCUT2D eigenvalue weighted by Crippen LogP contribution is 2.18. The fraction of sp³-hybridized carbons (Fsp3) is 0.133. The molecule has 3 heteroatoms. The van der Waals surface area contributed by atoms with Gasteiger partial charge in [-0.2, -0.15) is 0 Å². The Morgan fingerprint density at radius 1 is 1.17 bits per heavy atom. The number of esters is 1. The monoisotopic (exact) mass is 304 g/mol. The van der Waals surface area contributed by atoms with Gasteiger partial charge < -0.3 is 4.74 Å². The molecule has 0 fully saturated rings. The van der Waals surface area contributed by atoms with Gasteiger partial charge in [-0.25, -0.2) is 4.79 Å². The van der Waals surface area contributed by atoms with Gasteiger partial charge in [-0.1, -0.05) is 46.3 Å². The summed E-state index contributed by atoms with van der Waals surface area (Å²) in [5.74, 6) is -0.291. The summed E-state index contributed by atoms with van der Waals surface area (Å²) < 4.78 is 5.83. The van der Waals surface area contributed by atoms with Crippen LogP contribution in [0.2, 0.25) is 0 Å². The van der Waals surface area contributed by atoms with Crippen LogP contribution in [0.3, 0.4) is 0 Å². The first kappa shape index (κ1) is 12.8. The summed E-state index contributed by atoms with van der Waals surface area (Å²) >= 11 is 3.44. The normalized spacial score (nSPS) is 10.1. The number of ether oxygens (including phenoxy) is 1. The second-order valence-corrected chi connectivity index (χ2v) is 4.87. The van der Waals surface area contributed by atoms with E-state index < -0.39 is 0 Å². The maximum Gasteiger partial charge on any atom is 0.338 e. The van der Waals surface area contributed by atoms with Gasteiger partial charge in [-0.3, -0.25) is 0 Å². The zero-order chi connectivity index (χ0) is 13.0. The molecule has 0 aliphatic carbocycles. The van der Waals surface area contributed by atoms with E-state index in [2.05, 4.69) is 15.9 Å². The number of halogens is 1. The van der Waals surface area contributed by atoms with Crippen molar-refractivity contribution in [2.75, 3.05) is 7.11 Å². The number of methoxy groups -OCH3 is 1. The highest BCUT2D eigenvalue weighted by atomic mass is 79.9. The molecule has 2 nitrogen and oxygen atoms in total. The topological polar surface area (TPSA) is 26.3 Å². The fourth-order valence-corrected chi connectivity index (χ4v) is 2.30. The van der Waals surface area contributed by atoms with Gasteiger partial charge in [0.15, 0.2) is 0 Å². The average molecular weight is 305 g/mol. The Morgan fingerprint density at radius 2 is 1.94 bits per heavy atom. The van der Waals surface area contributed by atoms with Gasteiger partial charge in [-0.05, 0) is 35.7 Å². The number of benzene rings is 2. The van der Waals surface area contributed by atoms with Crippen molar-refractivity contribution in [3.63, 3.8) is 0 Å². The van der Waals surface area contributed by atoms with Crippen molar-refractivity contribution >= 4 is 21.9 Å². The van der Waals surface area contributed by atoms with Crippen molar-refractivity contribution in [2.45, 2.75) is 6.42 Å². The molecule has 0 heterocycles. The smallest absolute Gasteiger partial charge is 0.338 e. The van der Waals surface area contributed by atoms with E-state index >= 15 is 0 Å². The molecule has 0 amide bonds. The van der Waals surface area contributed by atoms with E-state index in [4.69, 9.17) is 4.74 Å². The van der Waals surface area contributed by atoms with Crippen LogP contribution in [0, 0.1) is 0 Å². The fourth-order valence-electron chi connectivity index (χ4n) is 1.85. The molecule has 0 aliphatic heterocycles. The van der Waals surface area contributed by atoms with Crippen LogP contribution >= 0.6 is 15.9 Å². The summed E-state index contributed by atoms with van der Waals surface area (Å²) in [6.45, 7) is 0. The molecule has 0 bridgehead atoms. The SMILES string of the molecule is COC(=O)c1ccccc1Cc1cccc(Br)c1. The first-order valence-corrected chi connectivity index (χ1v) is 6.40. The van der Waals surface area contributed by atoms with E-state index in [0.29, 0.717) is 12.0 Å². The molecule has 92 valence electrons. The minimum absolute atomic E-state index is 0.291. The molecule has 0 atom stereocenters. The molecule has 0 aliphatic rings. The van der Waals surface area contributed by atoms with Gasteiger partial charge in [0, 0.05) is 4.47 Å². The van der Waals surface area contributed by atoms with Crippen LogP contribution in [0.1, 0.15) is 21.5 Å². The quantitative estimate of drug-likeness (QED) is 0.806. The number of hydrogen-bond donors (Lipinski definition) is 0. The lowest BCUT2D eigenvalue weighted by Gasteiger charge is -2.08. The Hall–Kier alpha value is -1.61. The summed E-state index contributed by atoms with van der Waals surface area (Å²) in [7, 11) is 1.40. The number of carbonyl (C=O) groups is 1. The number of carbonyl (C=O) groups excluding carboxylic acids is 1. The van der Waals surface area contributed by atoms with Gasteiger partial charge in [0.1, 0.15) is 0 Å². The van der Waals surface area contributed by atoms with Crippen molar-refractivity contribution in [2.24, 2.45) is 0 Å². The highest BCUT2D eigenvalue weighted by molar-refractivity contribution is 9.10. The first-order valence-electron chi connectivity index (χ1n) is 5.61. The maximum absolute atomic E-state index is 11.7. The molecule has 0 saturated carbocycles. The Bertz CT molecular complexity index is 564. The molecule has 18 heavy (non-hydrogen) atoms. The van der Waals surface area contributed by atoms with E-state index in [0.717, 1.165) is 15.6 Å². The third-order valence-corrected chi connectivity index (χ3v) is 3.20. The minimum atomic E-state index is -0.291. The molecule has 2 aromatic rings. The van der Waals surface area contributed by atoms with E-state index in [1.165, 1.54) is 7.11 Å². The average Bonchev–Trinajstić information content (AvgIpc) is 2.38. The summed E-state index contributed by atoms with van der Waals surface area (Å²) in [4.78, 5) is 11.7. The lowest BCUT2D eigenvalue weighted by molar-refractivity contribution is 0.0599. The zero-order valence-electron chi connectivity index (χ0n) is 10.0. The van der Waals surface area contributed by atoms with Crippen LogP contribution in [0.5, 0.6) is 0 Å². The lowest BCUT2D eigenvalue weighted by atomic mass is 10.00. The van der Waals surface area contributed by atoms with E-state index in [1.807, 2.05) is 42.5 Å². The minimum Gasteiger partial charge on any atom is -0.465 e. The first-order chi connectivity index (χ1) is 8.70. The molecule has 0 spiro atoms. The molecule has 2 aromatic carbocycles. The van der Waals surface area contributed by atoms with Crippen molar-refractivity contribution in [1.82, 2.24) is 0 Å². The molecule has 0 aromatic heterocycles. The van der Waals surface area contributed by atoms with E-state index in [-0.39, 0.29) is 5.97 Å². The van der Waals surface area contributed by atoms with Crippen LogP contribution in [0.4, 0.5) is 0 Å². The van der Waals surface area contributed by atoms with Crippen molar-refractivity contribution < 1.29 is 9.53 Å². The maximum atomic E-state index is 11.7. The summed E-state index contributed by atoms with van der Waals surface area (Å²) in [5.41, 5.74) is 2.75. The second kappa shape index (κ2) is 5.83. The van der Waals surface area contributed by atoms with Crippen molar-refractivity contribution in [1.29, 1.82) is 0 Å². The van der Waals surface area contributed by atoms with Crippen LogP contribution < -0.4 is 0 Å². The van der Waals surface area contributed by atoms with Crippen LogP contribution in [0.15, 0.2) is 53.0 Å². The van der Waals surface area contributed by atoms with Gasteiger partial charge in [0.2, 0.25) is 0 Å². The molecule has 0 N–H and O–H groups in total. The molecular weight excluding hydrogens is 292 g/mol. The Morgan fingerprint density at radius 3 is 2.67 bits per heavy atom. The van der Waals surface area contributed by atoms with Gasteiger partial charge in [0.25, 0.3) is 0 Å². The van der Waals surface area contributed by atoms with Crippen LogP contribution in [-0.4, -0.2) is 13.1 Å². The Kier molecular flexibility index (Phi) is 4.15. The molecule has 0 radical (unpaired) electrons. The summed E-state index contributed by atoms with van der Waals surface area (Å²) in [5, 5.41) is 0. The predicted octanol–water partition coefficient (Wildman–Crippen LogP) is 3.83. The summed E-state index contributed by atoms with van der Waals surface area (Å²) in [6, 6.07) is 15.6. The van der Waals surface area contributed by atoms with Gasteiger partial charge >= 0.3 is 5.97 Å². The van der Waals surface area contributed by atoms with E-state index in [1.54, 1.807) is 6.07 Å². The summed E-state index contributed by atoms with van der Waals surface area (Å²) in [6.07, 6.45) is 0.713. The molecular formula is C15H13BrO2. The van der Waals surface area contributed by atoms with Crippen LogP contribution in [-0.2, 0) is 11.2 Å². The second-order valence-electron chi connectivity index (χ2n) is 3.96. The standard InChI is InChI=1S/C15H13BrO2/c1-18-15(17)14-8-3-2-6-12(14)9-11-5-4-7-13(16)10-11/h2-8,10H,9H2,1H3. The zero-order valence-corrected chi connectivity index (χ0v) is 11.6. The Balaban J connectivity index is 2.32. The third-order valence-electron chi connectivity index (χ3n) is 2.71. The Labute approximate surface area is 115 Å². The van der Waals surface area contributed by atoms with E-state index in [9.17, 15) is 4.79 Å². The van der Waals surface area contributed by atoms with Crippen LogP contribution in [0.25, 0.3) is 0 Å². The molecule has 0 unspecified atom stereocenters. The van der Waals surface area contributed by atoms with Gasteiger partial charge in [-0.15, -0.1) is 0 Å². The predicted molar refractivity (Wildman–Crippen MR) is 74.7 cm³/mol. The van der Waals surface area contributed by atoms with Crippen molar-refractivity contribution in [3.05, 3.63) is 69.7 Å². The number of hydrogen-bond acceptors (Lipinski definition) is 2. The van der Waals surface area contributed by atoms with Crippen molar-refractivity contribution in [3.8, 4) is 0 Å². The molecule has 2 rings (SSSR count). The molecule has 0 saturated heterocycles. The van der Waals surface area contributed by atoms with Gasteiger partial charge in [0.05, 0.1) is 12.7 Å². The lowest BCUT2D eigenvalue weighted by Crippen LogP contribution is -2.05. The third kappa shape index (κ3) is 2.99. The highest BCUT2D eigenvalue weighted by Gasteiger charge is 2.11.